The zero-order valence-electron chi connectivity index (χ0n) is 10.1. The topological polar surface area (TPSA) is 49.9 Å². The number of hydroxylamine groups is 2. The summed E-state index contributed by atoms with van der Waals surface area (Å²) in [6, 6.07) is -0.396. The second kappa shape index (κ2) is 5.84. The van der Waals surface area contributed by atoms with E-state index in [-0.39, 0.29) is 18.2 Å². The Morgan fingerprint density at radius 2 is 2.41 bits per heavy atom. The van der Waals surface area contributed by atoms with Crippen LogP contribution in [-0.4, -0.2) is 59.0 Å². The summed E-state index contributed by atoms with van der Waals surface area (Å²) in [5.41, 5.74) is 0. The van der Waals surface area contributed by atoms with Crippen LogP contribution in [0.1, 0.15) is 19.8 Å². The number of amides is 1. The van der Waals surface area contributed by atoms with E-state index in [2.05, 4.69) is 0 Å². The molecule has 2 rings (SSSR count). The van der Waals surface area contributed by atoms with Crippen molar-refractivity contribution < 1.29 is 14.4 Å². The van der Waals surface area contributed by atoms with Gasteiger partial charge < -0.3 is 4.90 Å². The van der Waals surface area contributed by atoms with E-state index in [1.54, 1.807) is 16.8 Å². The average Bonchev–Trinajstić information content (AvgIpc) is 2.94. The largest absolute Gasteiger partial charge is 0.331 e. The number of hydrogen-bond donors (Lipinski definition) is 0. The van der Waals surface area contributed by atoms with Gasteiger partial charge in [0, 0.05) is 18.7 Å². The van der Waals surface area contributed by atoms with Gasteiger partial charge in [0.2, 0.25) is 5.91 Å². The number of carbonyl (C=O) groups excluding carboxylic acids is 2. The molecule has 0 aromatic carbocycles. The van der Waals surface area contributed by atoms with Gasteiger partial charge in [-0.05, 0) is 6.42 Å². The minimum atomic E-state index is -0.396. The number of nitrogens with zero attached hydrogens (tertiary/aromatic N) is 2. The summed E-state index contributed by atoms with van der Waals surface area (Å²) in [5, 5.41) is 1.57. The quantitative estimate of drug-likeness (QED) is 0.735. The van der Waals surface area contributed by atoms with Crippen molar-refractivity contribution in [1.29, 1.82) is 0 Å². The smallest absolute Gasteiger partial charge is 0.243 e. The van der Waals surface area contributed by atoms with E-state index >= 15 is 0 Å². The number of rotatable bonds is 4. The van der Waals surface area contributed by atoms with E-state index in [1.165, 1.54) is 0 Å². The van der Waals surface area contributed by atoms with Crippen molar-refractivity contribution in [2.75, 3.05) is 31.3 Å². The molecule has 0 aliphatic carbocycles. The van der Waals surface area contributed by atoms with Crippen molar-refractivity contribution in [2.24, 2.45) is 0 Å². The molecule has 17 heavy (non-hydrogen) atoms. The molecule has 1 amide bonds. The molecule has 5 nitrogen and oxygen atoms in total. The molecular formula is C11H18N2O3S. The number of Topliss-reactive ketones (excluding diaryl/α,β-unsaturated/α-hetero) is 1. The molecule has 2 aliphatic heterocycles. The van der Waals surface area contributed by atoms with Crippen molar-refractivity contribution >= 4 is 23.5 Å². The fraction of sp³-hybridized carbons (Fsp3) is 0.818. The lowest BCUT2D eigenvalue weighted by atomic mass is 10.2. The third-order valence-corrected chi connectivity index (χ3v) is 3.88. The first-order valence-electron chi connectivity index (χ1n) is 6.00. The SMILES string of the molecule is CCCON1CC(=O)C[C@H]1C(=O)N1CCSC1. The van der Waals surface area contributed by atoms with E-state index in [9.17, 15) is 9.59 Å². The van der Waals surface area contributed by atoms with E-state index < -0.39 is 6.04 Å². The normalized spacial score (nSPS) is 25.8. The Kier molecular flexibility index (Phi) is 4.42. The molecule has 0 aromatic rings. The summed E-state index contributed by atoms with van der Waals surface area (Å²) in [4.78, 5) is 30.9. The summed E-state index contributed by atoms with van der Waals surface area (Å²) in [6.07, 6.45) is 1.18. The third kappa shape index (κ3) is 3.00. The molecule has 0 radical (unpaired) electrons. The van der Waals surface area contributed by atoms with Crippen LogP contribution in [0.25, 0.3) is 0 Å². The van der Waals surface area contributed by atoms with Crippen LogP contribution >= 0.6 is 11.8 Å². The predicted octanol–water partition coefficient (Wildman–Crippen LogP) is 0.504. The Labute approximate surface area is 105 Å². The maximum atomic E-state index is 12.2. The lowest BCUT2D eigenvalue weighted by molar-refractivity contribution is -0.181. The maximum absolute atomic E-state index is 12.2. The first-order valence-corrected chi connectivity index (χ1v) is 7.15. The van der Waals surface area contributed by atoms with Crippen molar-refractivity contribution in [3.63, 3.8) is 0 Å². The molecule has 96 valence electrons. The number of thioether (sulfide) groups is 1. The summed E-state index contributed by atoms with van der Waals surface area (Å²) >= 11 is 1.75. The fourth-order valence-corrected chi connectivity index (χ4v) is 2.97. The lowest BCUT2D eigenvalue weighted by Crippen LogP contribution is -2.44. The van der Waals surface area contributed by atoms with E-state index in [4.69, 9.17) is 4.84 Å². The minimum absolute atomic E-state index is 0.0388. The number of hydrogen-bond acceptors (Lipinski definition) is 5. The number of ketones is 1. The van der Waals surface area contributed by atoms with Crippen molar-refractivity contribution in [3.8, 4) is 0 Å². The van der Waals surface area contributed by atoms with Crippen LogP contribution in [-0.2, 0) is 14.4 Å². The lowest BCUT2D eigenvalue weighted by Gasteiger charge is -2.25. The van der Waals surface area contributed by atoms with Gasteiger partial charge in [0.25, 0.3) is 0 Å². The van der Waals surface area contributed by atoms with Gasteiger partial charge in [-0.25, -0.2) is 0 Å². The average molecular weight is 258 g/mol. The Hall–Kier alpha value is -0.590. The molecule has 2 saturated heterocycles. The van der Waals surface area contributed by atoms with E-state index in [1.807, 2.05) is 11.8 Å². The molecule has 2 heterocycles. The Balaban J connectivity index is 1.96. The van der Waals surface area contributed by atoms with E-state index in [0.717, 1.165) is 24.6 Å². The first kappa shape index (κ1) is 12.9. The summed E-state index contributed by atoms with van der Waals surface area (Å²) in [6.45, 7) is 3.60. The highest BCUT2D eigenvalue weighted by Crippen LogP contribution is 2.21. The molecule has 6 heteroatoms. The molecule has 0 bridgehead atoms. The van der Waals surface area contributed by atoms with Crippen LogP contribution in [0.3, 0.4) is 0 Å². The summed E-state index contributed by atoms with van der Waals surface area (Å²) in [5.74, 6) is 1.86. The van der Waals surface area contributed by atoms with E-state index in [0.29, 0.717) is 13.0 Å². The van der Waals surface area contributed by atoms with Crippen LogP contribution in [0.4, 0.5) is 0 Å². The highest BCUT2D eigenvalue weighted by molar-refractivity contribution is 7.99. The number of carbonyl (C=O) groups is 2. The van der Waals surface area contributed by atoms with Gasteiger partial charge in [-0.2, -0.15) is 5.06 Å². The van der Waals surface area contributed by atoms with Gasteiger partial charge in [-0.3, -0.25) is 14.4 Å². The molecule has 0 unspecified atom stereocenters. The fourth-order valence-electron chi connectivity index (χ4n) is 2.02. The van der Waals surface area contributed by atoms with Gasteiger partial charge >= 0.3 is 0 Å². The zero-order valence-corrected chi connectivity index (χ0v) is 10.9. The molecule has 1 atom stereocenters. The Morgan fingerprint density at radius 3 is 3.06 bits per heavy atom. The first-order chi connectivity index (χ1) is 8.22. The molecule has 0 aromatic heterocycles. The standard InChI is InChI=1S/C11H18N2O3S/c1-2-4-16-13-7-9(14)6-10(13)11(15)12-3-5-17-8-12/h10H,2-8H2,1H3/t10-/m0/s1. The molecule has 2 aliphatic rings. The van der Waals surface area contributed by atoms with Gasteiger partial charge in [-0.15, -0.1) is 11.8 Å². The molecule has 0 N–H and O–H groups in total. The van der Waals surface area contributed by atoms with Crippen molar-refractivity contribution in [1.82, 2.24) is 9.96 Å². The molecular weight excluding hydrogens is 240 g/mol. The monoisotopic (exact) mass is 258 g/mol. The van der Waals surface area contributed by atoms with Crippen LogP contribution in [0.15, 0.2) is 0 Å². The molecule has 0 saturated carbocycles. The van der Waals surface area contributed by atoms with Crippen LogP contribution in [0.5, 0.6) is 0 Å². The van der Waals surface area contributed by atoms with Crippen LogP contribution < -0.4 is 0 Å². The highest BCUT2D eigenvalue weighted by atomic mass is 32.2. The maximum Gasteiger partial charge on any atom is 0.243 e. The summed E-state index contributed by atoms with van der Waals surface area (Å²) < 4.78 is 0. The highest BCUT2D eigenvalue weighted by Gasteiger charge is 2.39. The second-order valence-corrected chi connectivity index (χ2v) is 5.38. The second-order valence-electron chi connectivity index (χ2n) is 4.31. The van der Waals surface area contributed by atoms with Crippen molar-refractivity contribution in [3.05, 3.63) is 0 Å². The Morgan fingerprint density at radius 1 is 1.59 bits per heavy atom. The van der Waals surface area contributed by atoms with Gasteiger partial charge in [-0.1, -0.05) is 6.92 Å². The zero-order chi connectivity index (χ0) is 12.3. The van der Waals surface area contributed by atoms with Gasteiger partial charge in [0.15, 0.2) is 5.78 Å². The molecule has 2 fully saturated rings. The van der Waals surface area contributed by atoms with Crippen LogP contribution in [0.2, 0.25) is 0 Å². The van der Waals surface area contributed by atoms with Crippen molar-refractivity contribution in [2.45, 2.75) is 25.8 Å². The van der Waals surface area contributed by atoms with Gasteiger partial charge in [0.05, 0.1) is 19.0 Å². The van der Waals surface area contributed by atoms with Gasteiger partial charge in [0.1, 0.15) is 6.04 Å². The third-order valence-electron chi connectivity index (χ3n) is 2.91. The summed E-state index contributed by atoms with van der Waals surface area (Å²) in [7, 11) is 0. The molecule has 0 spiro atoms. The minimum Gasteiger partial charge on any atom is -0.331 e. The Bertz CT molecular complexity index is 305. The predicted molar refractivity (Wildman–Crippen MR) is 65.4 cm³/mol. The van der Waals surface area contributed by atoms with Crippen LogP contribution in [0, 0.1) is 0 Å².